The van der Waals surface area contributed by atoms with Crippen LogP contribution < -0.4 is 21.5 Å². The van der Waals surface area contributed by atoms with Crippen LogP contribution in [0.1, 0.15) is 5.56 Å². The number of carbonyl (C=O) groups excluding carboxylic acids is 1. The van der Waals surface area contributed by atoms with Crippen molar-refractivity contribution in [1.29, 1.82) is 0 Å². The van der Waals surface area contributed by atoms with E-state index in [0.717, 1.165) is 28.2 Å². The second-order valence-electron chi connectivity index (χ2n) is 4.47. The van der Waals surface area contributed by atoms with Crippen molar-refractivity contribution in [2.24, 2.45) is 0 Å². The van der Waals surface area contributed by atoms with Crippen LogP contribution in [0.25, 0.3) is 0 Å². The van der Waals surface area contributed by atoms with Crippen molar-refractivity contribution in [2.45, 2.75) is 12.1 Å². The number of benzene rings is 1. The van der Waals surface area contributed by atoms with Gasteiger partial charge in [-0.15, -0.1) is 5.10 Å². The highest BCUT2D eigenvalue weighted by Crippen LogP contribution is 2.31. The van der Waals surface area contributed by atoms with Crippen LogP contribution >= 0.6 is 23.4 Å². The topological polar surface area (TPSA) is 112 Å². The number of anilines is 1. The number of halogens is 1. The van der Waals surface area contributed by atoms with Crippen molar-refractivity contribution in [2.75, 3.05) is 24.0 Å². The van der Waals surface area contributed by atoms with Gasteiger partial charge in [-0.1, -0.05) is 23.4 Å². The summed E-state index contributed by atoms with van der Waals surface area (Å²) in [5, 5.41) is 10.6. The number of carbonyl (C=O) groups is 1. The van der Waals surface area contributed by atoms with E-state index in [-0.39, 0.29) is 16.8 Å². The van der Waals surface area contributed by atoms with E-state index in [1.807, 2.05) is 6.92 Å². The normalized spacial score (nSPS) is 10.4. The van der Waals surface area contributed by atoms with Crippen molar-refractivity contribution >= 4 is 35.0 Å². The van der Waals surface area contributed by atoms with Crippen molar-refractivity contribution in [3.8, 4) is 5.75 Å². The maximum atomic E-state index is 12.0. The van der Waals surface area contributed by atoms with Gasteiger partial charge in [-0.25, -0.2) is 0 Å². The maximum Gasteiger partial charge on any atom is 0.291 e. The molecule has 122 valence electrons. The number of hydrogen-bond acceptors (Lipinski definition) is 7. The van der Waals surface area contributed by atoms with Gasteiger partial charge in [0.2, 0.25) is 11.1 Å². The van der Waals surface area contributed by atoms with Crippen LogP contribution in [0, 0.1) is 6.92 Å². The molecular weight excluding hydrogens is 342 g/mol. The highest BCUT2D eigenvalue weighted by atomic mass is 35.5. The van der Waals surface area contributed by atoms with Gasteiger partial charge in [0, 0.05) is 11.1 Å². The summed E-state index contributed by atoms with van der Waals surface area (Å²) in [6.07, 6.45) is 0.992. The fourth-order valence-electron chi connectivity index (χ4n) is 1.68. The fourth-order valence-corrected chi connectivity index (χ4v) is 2.50. The van der Waals surface area contributed by atoms with E-state index in [4.69, 9.17) is 22.2 Å². The average molecular weight is 356 g/mol. The molecule has 23 heavy (non-hydrogen) atoms. The molecule has 1 aromatic heterocycles. The molecule has 0 bridgehead atoms. The predicted molar refractivity (Wildman–Crippen MR) is 88.5 cm³/mol. The molecule has 2 rings (SSSR count). The Hall–Kier alpha value is -2.26. The van der Waals surface area contributed by atoms with E-state index < -0.39 is 5.56 Å². The molecule has 1 aromatic carbocycles. The van der Waals surface area contributed by atoms with Crippen LogP contribution in [0.4, 0.5) is 5.69 Å². The second-order valence-corrected chi connectivity index (χ2v) is 5.82. The van der Waals surface area contributed by atoms with Gasteiger partial charge < -0.3 is 15.9 Å². The SMILES string of the molecule is COc1cc(Cl)c(C)cc1NC(=O)CSc1nncc(=O)n1N. The molecule has 0 aliphatic heterocycles. The van der Waals surface area contributed by atoms with Crippen molar-refractivity contribution < 1.29 is 9.53 Å². The lowest BCUT2D eigenvalue weighted by Gasteiger charge is -2.12. The third-order valence-electron chi connectivity index (χ3n) is 2.84. The van der Waals surface area contributed by atoms with Gasteiger partial charge in [-0.05, 0) is 18.6 Å². The molecule has 2 aromatic rings. The number of ether oxygens (including phenoxy) is 1. The Kier molecular flexibility index (Phi) is 5.45. The van der Waals surface area contributed by atoms with Gasteiger partial charge in [-0.3, -0.25) is 9.59 Å². The van der Waals surface area contributed by atoms with Crippen molar-refractivity contribution in [3.05, 3.63) is 39.3 Å². The van der Waals surface area contributed by atoms with E-state index in [2.05, 4.69) is 15.5 Å². The number of hydrogen-bond donors (Lipinski definition) is 2. The first kappa shape index (κ1) is 17.1. The zero-order chi connectivity index (χ0) is 17.0. The molecule has 0 radical (unpaired) electrons. The van der Waals surface area contributed by atoms with Crippen LogP contribution in [-0.4, -0.2) is 33.6 Å². The predicted octanol–water partition coefficient (Wildman–Crippen LogP) is 1.05. The standard InChI is InChI=1S/C13H14ClN5O3S/c1-7-3-9(10(22-2)4-8(7)14)17-11(20)6-23-13-18-16-5-12(21)19(13)15/h3-5H,6,15H2,1-2H3,(H,17,20). The Labute approximate surface area is 141 Å². The molecule has 0 aliphatic rings. The number of nitrogens with two attached hydrogens (primary N) is 1. The van der Waals surface area contributed by atoms with Gasteiger partial charge in [0.1, 0.15) is 11.9 Å². The molecule has 0 atom stereocenters. The summed E-state index contributed by atoms with van der Waals surface area (Å²) in [4.78, 5) is 23.4. The molecule has 0 saturated heterocycles. The highest BCUT2D eigenvalue weighted by Gasteiger charge is 2.12. The Balaban J connectivity index is 2.07. The van der Waals surface area contributed by atoms with Crippen LogP contribution in [0.15, 0.2) is 28.3 Å². The summed E-state index contributed by atoms with van der Waals surface area (Å²) in [5.74, 6) is 5.66. The number of thioether (sulfide) groups is 1. The minimum Gasteiger partial charge on any atom is -0.495 e. The zero-order valence-electron chi connectivity index (χ0n) is 12.4. The number of aryl methyl sites for hydroxylation is 1. The lowest BCUT2D eigenvalue weighted by molar-refractivity contribution is -0.113. The third-order valence-corrected chi connectivity index (χ3v) is 4.19. The summed E-state index contributed by atoms with van der Waals surface area (Å²) in [7, 11) is 1.48. The summed E-state index contributed by atoms with van der Waals surface area (Å²) in [6, 6.07) is 3.34. The van der Waals surface area contributed by atoms with Gasteiger partial charge in [0.25, 0.3) is 5.56 Å². The number of nitrogens with one attached hydrogen (secondary N) is 1. The largest absolute Gasteiger partial charge is 0.495 e. The number of amides is 1. The molecular formula is C13H14ClN5O3S. The molecule has 10 heteroatoms. The Morgan fingerprint density at radius 2 is 2.26 bits per heavy atom. The second kappa shape index (κ2) is 7.34. The summed E-state index contributed by atoms with van der Waals surface area (Å²) in [6.45, 7) is 1.82. The maximum absolute atomic E-state index is 12.0. The molecule has 0 aliphatic carbocycles. The summed E-state index contributed by atoms with van der Waals surface area (Å²) < 4.78 is 6.02. The van der Waals surface area contributed by atoms with Crippen molar-refractivity contribution in [3.63, 3.8) is 0 Å². The summed E-state index contributed by atoms with van der Waals surface area (Å²) >= 11 is 7.01. The number of rotatable bonds is 5. The molecule has 1 heterocycles. The first-order valence-electron chi connectivity index (χ1n) is 6.39. The first-order chi connectivity index (χ1) is 10.9. The molecule has 8 nitrogen and oxygen atoms in total. The van der Waals surface area contributed by atoms with E-state index in [0.29, 0.717) is 16.5 Å². The number of aromatic nitrogens is 3. The smallest absolute Gasteiger partial charge is 0.291 e. The van der Waals surface area contributed by atoms with E-state index in [1.165, 1.54) is 7.11 Å². The lowest BCUT2D eigenvalue weighted by atomic mass is 10.2. The molecule has 0 saturated carbocycles. The van der Waals surface area contributed by atoms with E-state index in [9.17, 15) is 9.59 Å². The highest BCUT2D eigenvalue weighted by molar-refractivity contribution is 7.99. The minimum atomic E-state index is -0.502. The fraction of sp³-hybridized carbons (Fsp3) is 0.231. The molecule has 3 N–H and O–H groups in total. The monoisotopic (exact) mass is 355 g/mol. The number of nitrogen functional groups attached to an aromatic ring is 1. The molecule has 0 unspecified atom stereocenters. The number of nitrogens with zero attached hydrogens (tertiary/aromatic N) is 3. The van der Waals surface area contributed by atoms with Crippen LogP contribution in [0.2, 0.25) is 5.02 Å². The molecule has 1 amide bonds. The average Bonchev–Trinajstić information content (AvgIpc) is 2.52. The quantitative estimate of drug-likeness (QED) is 0.609. The number of methoxy groups -OCH3 is 1. The summed E-state index contributed by atoms with van der Waals surface area (Å²) in [5.41, 5.74) is 0.808. The van der Waals surface area contributed by atoms with Crippen molar-refractivity contribution in [1.82, 2.24) is 14.9 Å². The Morgan fingerprint density at radius 1 is 1.52 bits per heavy atom. The third kappa shape index (κ3) is 4.14. The van der Waals surface area contributed by atoms with Gasteiger partial charge in [0.05, 0.1) is 18.6 Å². The van der Waals surface area contributed by atoms with Gasteiger partial charge >= 0.3 is 0 Å². The molecule has 0 spiro atoms. The lowest BCUT2D eigenvalue weighted by Crippen LogP contribution is -2.30. The van der Waals surface area contributed by atoms with Crippen LogP contribution in [0.3, 0.4) is 0 Å². The van der Waals surface area contributed by atoms with Crippen LogP contribution in [0.5, 0.6) is 5.75 Å². The van der Waals surface area contributed by atoms with E-state index >= 15 is 0 Å². The van der Waals surface area contributed by atoms with Gasteiger partial charge in [0.15, 0.2) is 0 Å². The Morgan fingerprint density at radius 3 is 2.96 bits per heavy atom. The Bertz CT molecular complexity index is 796. The van der Waals surface area contributed by atoms with E-state index in [1.54, 1.807) is 12.1 Å². The first-order valence-corrected chi connectivity index (χ1v) is 7.75. The minimum absolute atomic E-state index is 0.000160. The molecule has 0 fully saturated rings. The van der Waals surface area contributed by atoms with Gasteiger partial charge in [-0.2, -0.15) is 9.77 Å². The zero-order valence-corrected chi connectivity index (χ0v) is 13.9. The van der Waals surface area contributed by atoms with Crippen LogP contribution in [-0.2, 0) is 4.79 Å².